The number of rotatable bonds is 4. The van der Waals surface area contributed by atoms with Gasteiger partial charge >= 0.3 is 0 Å². The lowest BCUT2D eigenvalue weighted by Gasteiger charge is -2.28. The molecule has 1 unspecified atom stereocenters. The summed E-state index contributed by atoms with van der Waals surface area (Å²) in [6.45, 7) is 10.00. The van der Waals surface area contributed by atoms with Gasteiger partial charge in [-0.3, -0.25) is 4.90 Å². The van der Waals surface area contributed by atoms with Crippen LogP contribution >= 0.6 is 0 Å². The Kier molecular flexibility index (Phi) is 4.78. The molecule has 4 nitrogen and oxygen atoms in total. The van der Waals surface area contributed by atoms with Gasteiger partial charge < -0.3 is 9.47 Å². The maximum Gasteiger partial charge on any atom is 0.105 e. The first-order chi connectivity index (χ1) is 10.7. The molecule has 22 heavy (non-hydrogen) atoms. The Balaban J connectivity index is 1.59. The molecule has 1 aliphatic rings. The van der Waals surface area contributed by atoms with Crippen molar-refractivity contribution in [1.29, 1.82) is 0 Å². The Morgan fingerprint density at radius 3 is 2.64 bits per heavy atom. The highest BCUT2D eigenvalue weighted by Gasteiger charge is 2.19. The van der Waals surface area contributed by atoms with Crippen molar-refractivity contribution in [3.63, 3.8) is 0 Å². The summed E-state index contributed by atoms with van der Waals surface area (Å²) in [6, 6.07) is 11.3. The number of aryl methyl sites for hydroxylation is 1. The molecule has 1 atom stereocenters. The first kappa shape index (κ1) is 15.1. The van der Waals surface area contributed by atoms with E-state index < -0.39 is 0 Å². The minimum Gasteiger partial charge on any atom is -0.370 e. The van der Waals surface area contributed by atoms with E-state index in [0.717, 1.165) is 32.0 Å². The fraction of sp³-hybridized carbons (Fsp3) is 0.500. The van der Waals surface area contributed by atoms with E-state index in [1.165, 1.54) is 18.7 Å². The molecule has 1 aromatic heterocycles. The second kappa shape index (κ2) is 6.97. The van der Waals surface area contributed by atoms with E-state index in [0.29, 0.717) is 6.04 Å². The minimum atomic E-state index is 0.545. The van der Waals surface area contributed by atoms with Gasteiger partial charge in [0, 0.05) is 56.8 Å². The highest BCUT2D eigenvalue weighted by Crippen LogP contribution is 2.17. The molecule has 2 aromatic rings. The van der Waals surface area contributed by atoms with Crippen LogP contribution in [0.5, 0.6) is 0 Å². The minimum absolute atomic E-state index is 0.545. The molecule has 0 bridgehead atoms. The Bertz CT molecular complexity index is 578. The predicted octanol–water partition coefficient (Wildman–Crippen LogP) is 2.79. The second-order valence-corrected chi connectivity index (χ2v) is 6.19. The zero-order valence-electron chi connectivity index (χ0n) is 13.7. The number of benzene rings is 1. The van der Waals surface area contributed by atoms with Gasteiger partial charge in [-0.05, 0) is 32.4 Å². The molecular formula is C18H26N4. The fourth-order valence-electron chi connectivity index (χ4n) is 3.27. The molecule has 118 valence electrons. The summed E-state index contributed by atoms with van der Waals surface area (Å²) in [5.74, 6) is 1.10. The van der Waals surface area contributed by atoms with Gasteiger partial charge in [0.05, 0.1) is 0 Å². The molecule has 0 radical (unpaired) electrons. The summed E-state index contributed by atoms with van der Waals surface area (Å²) in [4.78, 5) is 9.44. The molecular weight excluding hydrogens is 272 g/mol. The van der Waals surface area contributed by atoms with Gasteiger partial charge in [0.2, 0.25) is 0 Å². The lowest BCUT2D eigenvalue weighted by atomic mass is 10.2. The van der Waals surface area contributed by atoms with E-state index >= 15 is 0 Å². The summed E-state index contributed by atoms with van der Waals surface area (Å²) in [7, 11) is 0. The van der Waals surface area contributed by atoms with E-state index in [1.807, 2.05) is 6.20 Å². The summed E-state index contributed by atoms with van der Waals surface area (Å²) in [6.07, 6.45) is 5.20. The number of hydrogen-bond donors (Lipinski definition) is 0. The molecule has 0 spiro atoms. The van der Waals surface area contributed by atoms with E-state index in [4.69, 9.17) is 0 Å². The third-order valence-electron chi connectivity index (χ3n) is 4.66. The normalized spacial score (nSPS) is 18.2. The number of nitrogens with zero attached hydrogens (tertiary/aromatic N) is 4. The van der Waals surface area contributed by atoms with Crippen LogP contribution in [0.2, 0.25) is 0 Å². The van der Waals surface area contributed by atoms with E-state index in [2.05, 4.69) is 69.7 Å². The van der Waals surface area contributed by atoms with Crippen molar-refractivity contribution in [1.82, 2.24) is 14.5 Å². The smallest absolute Gasteiger partial charge is 0.105 e. The van der Waals surface area contributed by atoms with Crippen molar-refractivity contribution >= 4 is 5.69 Å². The molecule has 4 heteroatoms. The maximum atomic E-state index is 4.32. The average Bonchev–Trinajstić information content (AvgIpc) is 2.80. The van der Waals surface area contributed by atoms with Gasteiger partial charge in [0.1, 0.15) is 5.82 Å². The van der Waals surface area contributed by atoms with E-state index in [9.17, 15) is 0 Å². The zero-order chi connectivity index (χ0) is 15.4. The summed E-state index contributed by atoms with van der Waals surface area (Å²) in [5, 5.41) is 0. The van der Waals surface area contributed by atoms with Crippen LogP contribution in [-0.2, 0) is 6.54 Å². The van der Waals surface area contributed by atoms with Gasteiger partial charge in [0.25, 0.3) is 0 Å². The molecule has 1 aliphatic heterocycles. The van der Waals surface area contributed by atoms with Gasteiger partial charge in [-0.2, -0.15) is 0 Å². The van der Waals surface area contributed by atoms with Gasteiger partial charge in [0.15, 0.2) is 0 Å². The Labute approximate surface area is 133 Å². The van der Waals surface area contributed by atoms with Crippen LogP contribution in [0.4, 0.5) is 5.69 Å². The van der Waals surface area contributed by atoms with Gasteiger partial charge in [-0.25, -0.2) is 4.98 Å². The fourth-order valence-corrected chi connectivity index (χ4v) is 3.27. The molecule has 0 amide bonds. The van der Waals surface area contributed by atoms with Crippen LogP contribution in [0.15, 0.2) is 42.7 Å². The highest BCUT2D eigenvalue weighted by atomic mass is 15.2. The first-order valence-electron chi connectivity index (χ1n) is 8.26. The lowest BCUT2D eigenvalue weighted by Crippen LogP contribution is -2.39. The van der Waals surface area contributed by atoms with Crippen molar-refractivity contribution in [2.75, 3.05) is 31.1 Å². The third-order valence-corrected chi connectivity index (χ3v) is 4.66. The van der Waals surface area contributed by atoms with Crippen LogP contribution < -0.4 is 4.90 Å². The van der Waals surface area contributed by atoms with Crippen LogP contribution in [0.3, 0.4) is 0 Å². The van der Waals surface area contributed by atoms with Crippen molar-refractivity contribution < 1.29 is 0 Å². The summed E-state index contributed by atoms with van der Waals surface area (Å²) in [5.41, 5.74) is 1.35. The van der Waals surface area contributed by atoms with Crippen LogP contribution in [0.25, 0.3) is 0 Å². The topological polar surface area (TPSA) is 24.3 Å². The third kappa shape index (κ3) is 3.50. The SMILES string of the molecule is Cc1nccn1CC(C)N1CCCN(c2ccccc2)CC1. The average molecular weight is 298 g/mol. The number of anilines is 1. The molecule has 1 fully saturated rings. The van der Waals surface area contributed by atoms with E-state index in [-0.39, 0.29) is 0 Å². The Morgan fingerprint density at radius 1 is 1.09 bits per heavy atom. The molecule has 1 aromatic carbocycles. The second-order valence-electron chi connectivity index (χ2n) is 6.19. The van der Waals surface area contributed by atoms with Crippen LogP contribution in [0.1, 0.15) is 19.2 Å². The Morgan fingerprint density at radius 2 is 1.91 bits per heavy atom. The summed E-state index contributed by atoms with van der Waals surface area (Å²) >= 11 is 0. The number of imidazole rings is 1. The summed E-state index contributed by atoms with van der Waals surface area (Å²) < 4.78 is 2.25. The number of hydrogen-bond acceptors (Lipinski definition) is 3. The van der Waals surface area contributed by atoms with Crippen LogP contribution in [0, 0.1) is 6.92 Å². The van der Waals surface area contributed by atoms with Crippen molar-refractivity contribution in [3.05, 3.63) is 48.5 Å². The maximum absolute atomic E-state index is 4.32. The molecule has 2 heterocycles. The van der Waals surface area contributed by atoms with E-state index in [1.54, 1.807) is 0 Å². The highest BCUT2D eigenvalue weighted by molar-refractivity contribution is 5.46. The Hall–Kier alpha value is -1.81. The van der Waals surface area contributed by atoms with Gasteiger partial charge in [-0.15, -0.1) is 0 Å². The molecule has 0 saturated carbocycles. The molecule has 3 rings (SSSR count). The van der Waals surface area contributed by atoms with Crippen LogP contribution in [-0.4, -0.2) is 46.7 Å². The first-order valence-corrected chi connectivity index (χ1v) is 8.26. The van der Waals surface area contributed by atoms with Crippen molar-refractivity contribution in [3.8, 4) is 0 Å². The predicted molar refractivity (Wildman–Crippen MR) is 91.3 cm³/mol. The number of aromatic nitrogens is 2. The monoisotopic (exact) mass is 298 g/mol. The standard InChI is InChI=1S/C18H26N4/c1-16(15-22-12-9-19-17(22)2)20-10-6-11-21(14-13-20)18-7-4-3-5-8-18/h3-5,7-9,12,16H,6,10-11,13-15H2,1-2H3. The molecule has 0 aliphatic carbocycles. The largest absolute Gasteiger partial charge is 0.370 e. The molecule has 0 N–H and O–H groups in total. The van der Waals surface area contributed by atoms with Gasteiger partial charge in [-0.1, -0.05) is 18.2 Å². The lowest BCUT2D eigenvalue weighted by molar-refractivity contribution is 0.203. The van der Waals surface area contributed by atoms with Crippen molar-refractivity contribution in [2.45, 2.75) is 32.9 Å². The molecule has 1 saturated heterocycles. The quantitative estimate of drug-likeness (QED) is 0.867. The zero-order valence-corrected chi connectivity index (χ0v) is 13.7. The van der Waals surface area contributed by atoms with Crippen molar-refractivity contribution in [2.24, 2.45) is 0 Å². The number of para-hydroxylation sites is 1.